The molecule has 3 nitrogen and oxygen atoms in total. The molecule has 1 aromatic heterocycles. The van der Waals surface area contributed by atoms with E-state index in [0.29, 0.717) is 5.82 Å². The van der Waals surface area contributed by atoms with Crippen molar-refractivity contribution in [3.05, 3.63) is 54.2 Å². The van der Waals surface area contributed by atoms with Crippen molar-refractivity contribution in [1.82, 2.24) is 4.98 Å². The fraction of sp³-hybridized carbons (Fsp3) is 0.118. The molecule has 0 aliphatic heterocycles. The van der Waals surface area contributed by atoms with Crippen molar-refractivity contribution in [3.63, 3.8) is 0 Å². The number of fused-ring (bicyclic) bond motifs is 1. The second-order valence-corrected chi connectivity index (χ2v) is 5.62. The summed E-state index contributed by atoms with van der Waals surface area (Å²) in [6.07, 6.45) is 3.85. The molecular weight excluding hydrogens is 278 g/mol. The minimum absolute atomic E-state index is 0.553. The van der Waals surface area contributed by atoms with Gasteiger partial charge in [-0.1, -0.05) is 30.1 Å². The summed E-state index contributed by atoms with van der Waals surface area (Å²) < 4.78 is 3.28. The average Bonchev–Trinajstić information content (AvgIpc) is 2.49. The number of benzene rings is 2. The maximum absolute atomic E-state index is 5.73. The van der Waals surface area contributed by atoms with Crippen molar-refractivity contribution in [3.8, 4) is 11.1 Å². The highest BCUT2D eigenvalue weighted by atomic mass is 32.2. The van der Waals surface area contributed by atoms with Crippen LogP contribution in [-0.4, -0.2) is 11.2 Å². The Bertz CT molecular complexity index is 799. The summed E-state index contributed by atoms with van der Waals surface area (Å²) in [6.45, 7) is 2.13. The van der Waals surface area contributed by atoms with Crippen LogP contribution in [0.2, 0.25) is 0 Å². The standard InChI is InChI=1S/C17H17N3S/c1-11-3-6-15(20-21-2)9-16(11)13-5-4-12-8-17(18)19-10-14(12)7-13/h3-10,20H,1-2H3,(H2,18,19). The van der Waals surface area contributed by atoms with Crippen molar-refractivity contribution in [1.29, 1.82) is 0 Å². The zero-order chi connectivity index (χ0) is 14.8. The van der Waals surface area contributed by atoms with Crippen LogP contribution in [0.5, 0.6) is 0 Å². The predicted octanol–water partition coefficient (Wildman–Crippen LogP) is 4.48. The summed E-state index contributed by atoms with van der Waals surface area (Å²) in [5.41, 5.74) is 10.5. The van der Waals surface area contributed by atoms with Crippen LogP contribution in [-0.2, 0) is 0 Å². The average molecular weight is 295 g/mol. The Morgan fingerprint density at radius 2 is 1.90 bits per heavy atom. The first-order valence-electron chi connectivity index (χ1n) is 6.72. The third kappa shape index (κ3) is 2.81. The molecule has 2 aromatic carbocycles. The van der Waals surface area contributed by atoms with E-state index < -0.39 is 0 Å². The molecule has 1 heterocycles. The molecule has 0 atom stereocenters. The lowest BCUT2D eigenvalue weighted by atomic mass is 9.98. The van der Waals surface area contributed by atoms with Gasteiger partial charge in [0.25, 0.3) is 0 Å². The zero-order valence-electron chi connectivity index (χ0n) is 12.1. The minimum Gasteiger partial charge on any atom is -0.384 e. The van der Waals surface area contributed by atoms with Gasteiger partial charge >= 0.3 is 0 Å². The van der Waals surface area contributed by atoms with E-state index in [1.54, 1.807) is 11.9 Å². The van der Waals surface area contributed by atoms with Crippen molar-refractivity contribution in [2.75, 3.05) is 16.7 Å². The number of anilines is 2. The number of hydrogen-bond donors (Lipinski definition) is 2. The normalized spacial score (nSPS) is 10.8. The van der Waals surface area contributed by atoms with Gasteiger partial charge in [0.2, 0.25) is 0 Å². The first-order chi connectivity index (χ1) is 10.2. The molecule has 0 aliphatic carbocycles. The second kappa shape index (κ2) is 5.66. The van der Waals surface area contributed by atoms with Gasteiger partial charge in [-0.05, 0) is 53.3 Å². The van der Waals surface area contributed by atoms with E-state index in [-0.39, 0.29) is 0 Å². The molecule has 106 valence electrons. The highest BCUT2D eigenvalue weighted by Gasteiger charge is 2.05. The third-order valence-corrected chi connectivity index (χ3v) is 3.95. The highest BCUT2D eigenvalue weighted by Crippen LogP contribution is 2.30. The minimum atomic E-state index is 0.553. The molecule has 0 radical (unpaired) electrons. The van der Waals surface area contributed by atoms with Gasteiger partial charge in [0.05, 0.1) is 0 Å². The van der Waals surface area contributed by atoms with Crippen LogP contribution >= 0.6 is 11.9 Å². The molecule has 0 unspecified atom stereocenters. The molecule has 3 aromatic rings. The van der Waals surface area contributed by atoms with Crippen LogP contribution in [0, 0.1) is 6.92 Å². The molecule has 0 saturated carbocycles. The Labute approximate surface area is 128 Å². The summed E-state index contributed by atoms with van der Waals surface area (Å²) in [4.78, 5) is 4.17. The summed E-state index contributed by atoms with van der Waals surface area (Å²) >= 11 is 1.59. The van der Waals surface area contributed by atoms with E-state index in [1.165, 1.54) is 16.7 Å². The van der Waals surface area contributed by atoms with Crippen molar-refractivity contribution in [2.45, 2.75) is 6.92 Å². The summed E-state index contributed by atoms with van der Waals surface area (Å²) in [5, 5.41) is 2.21. The van der Waals surface area contributed by atoms with Gasteiger partial charge in [0, 0.05) is 23.5 Å². The smallest absolute Gasteiger partial charge is 0.123 e. The largest absolute Gasteiger partial charge is 0.384 e. The molecule has 3 N–H and O–H groups in total. The number of hydrogen-bond acceptors (Lipinski definition) is 4. The second-order valence-electron chi connectivity index (χ2n) is 5.01. The number of nitrogens with one attached hydrogen (secondary N) is 1. The fourth-order valence-corrected chi connectivity index (χ4v) is 2.80. The highest BCUT2D eigenvalue weighted by molar-refractivity contribution is 7.99. The quantitative estimate of drug-likeness (QED) is 0.699. The van der Waals surface area contributed by atoms with Crippen LogP contribution in [0.3, 0.4) is 0 Å². The lowest BCUT2D eigenvalue weighted by Gasteiger charge is -2.11. The molecule has 4 heteroatoms. The third-order valence-electron chi connectivity index (χ3n) is 3.51. The molecular formula is C17H17N3S. The Hall–Kier alpha value is -2.20. The fourth-order valence-electron chi connectivity index (χ4n) is 2.44. The molecule has 0 aliphatic rings. The van der Waals surface area contributed by atoms with Gasteiger partial charge in [-0.15, -0.1) is 0 Å². The Balaban J connectivity index is 2.11. The maximum atomic E-state index is 5.73. The van der Waals surface area contributed by atoms with Gasteiger partial charge in [-0.3, -0.25) is 0 Å². The Kier molecular flexibility index (Phi) is 3.71. The van der Waals surface area contributed by atoms with Crippen molar-refractivity contribution in [2.24, 2.45) is 0 Å². The molecule has 0 amide bonds. The number of aryl methyl sites for hydroxylation is 1. The van der Waals surface area contributed by atoms with Crippen molar-refractivity contribution < 1.29 is 0 Å². The van der Waals surface area contributed by atoms with Gasteiger partial charge in [0.15, 0.2) is 0 Å². The van der Waals surface area contributed by atoms with Crippen molar-refractivity contribution >= 4 is 34.2 Å². The summed E-state index contributed by atoms with van der Waals surface area (Å²) in [7, 11) is 0. The van der Waals surface area contributed by atoms with Crippen LogP contribution in [0.4, 0.5) is 11.5 Å². The summed E-state index contributed by atoms with van der Waals surface area (Å²) in [5.74, 6) is 0.553. The molecule has 0 spiro atoms. The van der Waals surface area contributed by atoms with Crippen LogP contribution in [0.15, 0.2) is 48.7 Å². The predicted molar refractivity (Wildman–Crippen MR) is 93.5 cm³/mol. The van der Waals surface area contributed by atoms with E-state index in [4.69, 9.17) is 5.73 Å². The maximum Gasteiger partial charge on any atom is 0.123 e. The van der Waals surface area contributed by atoms with E-state index >= 15 is 0 Å². The van der Waals surface area contributed by atoms with E-state index in [9.17, 15) is 0 Å². The number of aromatic nitrogens is 1. The lowest BCUT2D eigenvalue weighted by molar-refractivity contribution is 1.37. The Morgan fingerprint density at radius 3 is 2.71 bits per heavy atom. The molecule has 21 heavy (non-hydrogen) atoms. The molecule has 0 saturated heterocycles. The molecule has 0 bridgehead atoms. The molecule has 3 rings (SSSR count). The van der Waals surface area contributed by atoms with Crippen LogP contribution in [0.25, 0.3) is 21.9 Å². The van der Waals surface area contributed by atoms with E-state index in [0.717, 1.165) is 16.5 Å². The number of nitrogens with zero attached hydrogens (tertiary/aromatic N) is 1. The number of pyridine rings is 1. The zero-order valence-corrected chi connectivity index (χ0v) is 12.9. The van der Waals surface area contributed by atoms with Gasteiger partial charge in [-0.2, -0.15) is 0 Å². The first kappa shape index (κ1) is 13.8. The van der Waals surface area contributed by atoms with E-state index in [1.807, 2.05) is 18.5 Å². The van der Waals surface area contributed by atoms with Crippen LogP contribution < -0.4 is 10.5 Å². The topological polar surface area (TPSA) is 50.9 Å². The van der Waals surface area contributed by atoms with Crippen LogP contribution in [0.1, 0.15) is 5.56 Å². The van der Waals surface area contributed by atoms with Gasteiger partial charge in [0.1, 0.15) is 5.82 Å². The van der Waals surface area contributed by atoms with E-state index in [2.05, 4.69) is 53.0 Å². The lowest BCUT2D eigenvalue weighted by Crippen LogP contribution is -1.91. The van der Waals surface area contributed by atoms with Gasteiger partial charge < -0.3 is 10.5 Å². The Morgan fingerprint density at radius 1 is 1.05 bits per heavy atom. The monoisotopic (exact) mass is 295 g/mol. The SMILES string of the molecule is CSNc1ccc(C)c(-c2ccc3cc(N)ncc3c2)c1. The number of nitrogens with two attached hydrogens (primary N) is 1. The molecule has 0 fully saturated rings. The number of nitrogen functional groups attached to an aromatic ring is 1. The first-order valence-corrected chi connectivity index (χ1v) is 7.95. The number of rotatable bonds is 3. The van der Waals surface area contributed by atoms with Gasteiger partial charge in [-0.25, -0.2) is 4.98 Å². The summed E-state index contributed by atoms with van der Waals surface area (Å²) in [6, 6.07) is 14.7.